The van der Waals surface area contributed by atoms with Crippen molar-refractivity contribution in [2.45, 2.75) is 13.5 Å². The third-order valence-electron chi connectivity index (χ3n) is 3.80. The lowest BCUT2D eigenvalue weighted by Gasteiger charge is -2.16. The summed E-state index contributed by atoms with van der Waals surface area (Å²) in [5.41, 5.74) is 3.97. The Morgan fingerprint density at radius 1 is 1.17 bits per heavy atom. The van der Waals surface area contributed by atoms with Gasteiger partial charge in [0.15, 0.2) is 0 Å². The monoisotopic (exact) mass is 323 g/mol. The lowest BCUT2D eigenvalue weighted by atomic mass is 10.1. The molecule has 0 saturated heterocycles. The van der Waals surface area contributed by atoms with Gasteiger partial charge in [-0.25, -0.2) is 4.98 Å². The van der Waals surface area contributed by atoms with E-state index in [0.29, 0.717) is 13.2 Å². The van der Waals surface area contributed by atoms with E-state index < -0.39 is 0 Å². The second-order valence-corrected chi connectivity index (χ2v) is 5.68. The highest BCUT2D eigenvalue weighted by Gasteiger charge is 2.16. The summed E-state index contributed by atoms with van der Waals surface area (Å²) >= 11 is 0. The summed E-state index contributed by atoms with van der Waals surface area (Å²) in [6.45, 7) is 3.07. The molecule has 0 saturated carbocycles. The zero-order chi connectivity index (χ0) is 16.9. The van der Waals surface area contributed by atoms with Gasteiger partial charge in [0.25, 0.3) is 0 Å². The summed E-state index contributed by atoms with van der Waals surface area (Å²) in [4.78, 5) is 18.4. The van der Waals surface area contributed by atoms with Crippen molar-refractivity contribution in [2.24, 2.45) is 0 Å². The van der Waals surface area contributed by atoms with Crippen LogP contribution in [0.2, 0.25) is 0 Å². The number of pyridine rings is 1. The molecule has 24 heavy (non-hydrogen) atoms. The molecule has 0 amide bonds. The standard InChI is InChI=1S/C19H21N3O2/c1-3-24-18(23)14-21(2)13-16-19(15-9-5-4-6-10-15)20-17-11-7-8-12-22(16)17/h4-12H,3,13-14H2,1-2H3. The van der Waals surface area contributed by atoms with Crippen LogP contribution in [0.15, 0.2) is 54.7 Å². The van der Waals surface area contributed by atoms with Crippen molar-refractivity contribution in [3.8, 4) is 11.3 Å². The van der Waals surface area contributed by atoms with Crippen LogP contribution in [0.4, 0.5) is 0 Å². The Morgan fingerprint density at radius 3 is 2.67 bits per heavy atom. The zero-order valence-corrected chi connectivity index (χ0v) is 14.0. The number of hydrogen-bond donors (Lipinski definition) is 0. The molecule has 2 aromatic heterocycles. The second-order valence-electron chi connectivity index (χ2n) is 5.68. The number of esters is 1. The van der Waals surface area contributed by atoms with E-state index in [2.05, 4.69) is 16.5 Å². The van der Waals surface area contributed by atoms with Crippen molar-refractivity contribution in [1.82, 2.24) is 14.3 Å². The molecule has 124 valence electrons. The zero-order valence-electron chi connectivity index (χ0n) is 14.0. The number of carbonyl (C=O) groups is 1. The number of nitrogens with zero attached hydrogens (tertiary/aromatic N) is 3. The summed E-state index contributed by atoms with van der Waals surface area (Å²) in [6.07, 6.45) is 2.00. The third kappa shape index (κ3) is 3.46. The molecule has 0 aliphatic rings. The first-order valence-corrected chi connectivity index (χ1v) is 8.04. The van der Waals surface area contributed by atoms with Gasteiger partial charge in [-0.05, 0) is 26.1 Å². The van der Waals surface area contributed by atoms with Crippen LogP contribution in [0.3, 0.4) is 0 Å². The van der Waals surface area contributed by atoms with Gasteiger partial charge < -0.3 is 9.14 Å². The molecule has 0 bridgehead atoms. The predicted molar refractivity (Wildman–Crippen MR) is 93.6 cm³/mol. The van der Waals surface area contributed by atoms with Crippen LogP contribution >= 0.6 is 0 Å². The number of rotatable bonds is 6. The Bertz CT molecular complexity index is 827. The summed E-state index contributed by atoms with van der Waals surface area (Å²) in [7, 11) is 1.91. The number of benzene rings is 1. The van der Waals surface area contributed by atoms with Crippen molar-refractivity contribution in [3.63, 3.8) is 0 Å². The fourth-order valence-electron chi connectivity index (χ4n) is 2.76. The summed E-state index contributed by atoms with van der Waals surface area (Å²) in [5.74, 6) is -0.213. The molecule has 0 atom stereocenters. The van der Waals surface area contributed by atoms with Gasteiger partial charge in [-0.1, -0.05) is 36.4 Å². The van der Waals surface area contributed by atoms with Crippen molar-refractivity contribution in [1.29, 1.82) is 0 Å². The van der Waals surface area contributed by atoms with Crippen LogP contribution in [0.25, 0.3) is 16.9 Å². The van der Waals surface area contributed by atoms with Crippen molar-refractivity contribution >= 4 is 11.6 Å². The minimum absolute atomic E-state index is 0.213. The maximum absolute atomic E-state index is 11.7. The van der Waals surface area contributed by atoms with Crippen molar-refractivity contribution in [2.75, 3.05) is 20.2 Å². The van der Waals surface area contributed by atoms with Crippen LogP contribution in [0.5, 0.6) is 0 Å². The van der Waals surface area contributed by atoms with Gasteiger partial charge >= 0.3 is 5.97 Å². The Balaban J connectivity index is 1.95. The van der Waals surface area contributed by atoms with Gasteiger partial charge in [0.1, 0.15) is 5.65 Å². The summed E-state index contributed by atoms with van der Waals surface area (Å²) in [5, 5.41) is 0. The fraction of sp³-hybridized carbons (Fsp3) is 0.263. The number of likely N-dealkylation sites (N-methyl/N-ethyl adjacent to an activating group) is 1. The molecule has 5 heteroatoms. The smallest absolute Gasteiger partial charge is 0.320 e. The first kappa shape index (κ1) is 16.2. The van der Waals surface area contributed by atoms with Crippen molar-refractivity contribution < 1.29 is 9.53 Å². The summed E-state index contributed by atoms with van der Waals surface area (Å²) in [6, 6.07) is 16.1. The SMILES string of the molecule is CCOC(=O)CN(C)Cc1c(-c2ccccc2)nc2ccccn12. The van der Waals surface area contributed by atoms with Crippen LogP contribution in [0, 0.1) is 0 Å². The highest BCUT2D eigenvalue weighted by atomic mass is 16.5. The Kier molecular flexibility index (Phi) is 4.91. The Hall–Kier alpha value is -2.66. The van der Waals surface area contributed by atoms with Gasteiger partial charge in [0, 0.05) is 18.3 Å². The first-order chi connectivity index (χ1) is 11.7. The number of fused-ring (bicyclic) bond motifs is 1. The lowest BCUT2D eigenvalue weighted by Crippen LogP contribution is -2.27. The minimum Gasteiger partial charge on any atom is -0.465 e. The quantitative estimate of drug-likeness (QED) is 0.654. The molecule has 3 aromatic rings. The maximum atomic E-state index is 11.7. The molecule has 1 aromatic carbocycles. The molecule has 0 unspecified atom stereocenters. The van der Waals surface area contributed by atoms with E-state index in [0.717, 1.165) is 22.6 Å². The number of hydrogen-bond acceptors (Lipinski definition) is 4. The molecule has 0 spiro atoms. The van der Waals surface area contributed by atoms with Crippen molar-refractivity contribution in [3.05, 3.63) is 60.4 Å². The van der Waals surface area contributed by atoms with Crippen LogP contribution in [0.1, 0.15) is 12.6 Å². The highest BCUT2D eigenvalue weighted by Crippen LogP contribution is 2.25. The predicted octanol–water partition coefficient (Wildman–Crippen LogP) is 3.00. The molecular formula is C19H21N3O2. The Labute approximate surface area is 141 Å². The molecule has 0 aliphatic carbocycles. The molecular weight excluding hydrogens is 302 g/mol. The number of imidazole rings is 1. The number of carbonyl (C=O) groups excluding carboxylic acids is 1. The molecule has 5 nitrogen and oxygen atoms in total. The molecule has 3 rings (SSSR count). The minimum atomic E-state index is -0.213. The topological polar surface area (TPSA) is 46.8 Å². The summed E-state index contributed by atoms with van der Waals surface area (Å²) < 4.78 is 7.10. The third-order valence-corrected chi connectivity index (χ3v) is 3.80. The number of aromatic nitrogens is 2. The van der Waals surface area contributed by atoms with E-state index in [9.17, 15) is 4.79 Å². The van der Waals surface area contributed by atoms with Gasteiger partial charge in [-0.2, -0.15) is 0 Å². The average molecular weight is 323 g/mol. The van der Waals surface area contributed by atoms with E-state index in [1.165, 1.54) is 0 Å². The molecule has 2 heterocycles. The van der Waals surface area contributed by atoms with E-state index in [1.54, 1.807) is 0 Å². The van der Waals surface area contributed by atoms with Crippen LogP contribution < -0.4 is 0 Å². The number of ether oxygens (including phenoxy) is 1. The van der Waals surface area contributed by atoms with E-state index in [1.807, 2.05) is 61.5 Å². The molecule has 0 fully saturated rings. The van der Waals surface area contributed by atoms with Crippen LogP contribution in [-0.4, -0.2) is 40.5 Å². The normalized spacial score (nSPS) is 11.1. The second kappa shape index (κ2) is 7.27. The first-order valence-electron chi connectivity index (χ1n) is 8.04. The van der Waals surface area contributed by atoms with Crippen LogP contribution in [-0.2, 0) is 16.1 Å². The maximum Gasteiger partial charge on any atom is 0.320 e. The lowest BCUT2D eigenvalue weighted by molar-refractivity contribution is -0.144. The largest absolute Gasteiger partial charge is 0.465 e. The molecule has 0 aliphatic heterocycles. The van der Waals surface area contributed by atoms with E-state index >= 15 is 0 Å². The van der Waals surface area contributed by atoms with E-state index in [-0.39, 0.29) is 12.5 Å². The average Bonchev–Trinajstić information content (AvgIpc) is 2.94. The molecule has 0 N–H and O–H groups in total. The van der Waals surface area contributed by atoms with E-state index in [4.69, 9.17) is 9.72 Å². The van der Waals surface area contributed by atoms with Gasteiger partial charge in [0.2, 0.25) is 0 Å². The Morgan fingerprint density at radius 2 is 1.92 bits per heavy atom. The van der Waals surface area contributed by atoms with Gasteiger partial charge in [-0.15, -0.1) is 0 Å². The highest BCUT2D eigenvalue weighted by molar-refractivity contribution is 5.71. The van der Waals surface area contributed by atoms with Gasteiger partial charge in [-0.3, -0.25) is 9.69 Å². The molecule has 0 radical (unpaired) electrons. The fourth-order valence-corrected chi connectivity index (χ4v) is 2.76. The van der Waals surface area contributed by atoms with Gasteiger partial charge in [0.05, 0.1) is 24.5 Å².